The second-order valence-electron chi connectivity index (χ2n) is 8.40. The number of rotatable bonds is 4. The highest BCUT2D eigenvalue weighted by molar-refractivity contribution is 7.88. The first-order valence-electron chi connectivity index (χ1n) is 10.7. The lowest BCUT2D eigenvalue weighted by atomic mass is 9.95. The lowest BCUT2D eigenvalue weighted by Gasteiger charge is -2.37. The van der Waals surface area contributed by atoms with Crippen molar-refractivity contribution in [3.8, 4) is 0 Å². The molecule has 2 aliphatic rings. The highest BCUT2D eigenvalue weighted by Gasteiger charge is 2.34. The number of amides is 1. The maximum Gasteiger partial charge on any atom is 0.254 e. The highest BCUT2D eigenvalue weighted by Crippen LogP contribution is 2.32. The molecular formula is C22H28N4O4S. The maximum absolute atomic E-state index is 13.4. The van der Waals surface area contributed by atoms with Gasteiger partial charge in [-0.15, -0.1) is 0 Å². The molecule has 0 spiro atoms. The summed E-state index contributed by atoms with van der Waals surface area (Å²) in [5.41, 5.74) is 1.74. The van der Waals surface area contributed by atoms with Crippen LogP contribution in [0.5, 0.6) is 0 Å². The molecule has 3 heterocycles. The fraction of sp³-hybridized carbons (Fsp3) is 0.500. The number of fused-ring (bicyclic) bond motifs is 1. The molecule has 1 saturated heterocycles. The van der Waals surface area contributed by atoms with Crippen LogP contribution >= 0.6 is 0 Å². The normalized spacial score (nSPS) is 20.8. The van der Waals surface area contributed by atoms with E-state index >= 15 is 0 Å². The fourth-order valence-corrected chi connectivity index (χ4v) is 5.27. The Balaban J connectivity index is 1.65. The van der Waals surface area contributed by atoms with Gasteiger partial charge in [0.2, 0.25) is 15.9 Å². The number of hydrogen-bond acceptors (Lipinski definition) is 5. The van der Waals surface area contributed by atoms with Crippen molar-refractivity contribution < 1.29 is 13.2 Å². The zero-order valence-electron chi connectivity index (χ0n) is 17.9. The Hall–Kier alpha value is -2.52. The molecule has 0 bridgehead atoms. The van der Waals surface area contributed by atoms with Crippen LogP contribution in [0.4, 0.5) is 0 Å². The van der Waals surface area contributed by atoms with Gasteiger partial charge in [0.25, 0.3) is 5.56 Å². The first-order valence-corrected chi connectivity index (χ1v) is 12.5. The van der Waals surface area contributed by atoms with Crippen molar-refractivity contribution in [1.29, 1.82) is 0 Å². The molecule has 0 saturated carbocycles. The van der Waals surface area contributed by atoms with Crippen LogP contribution in [-0.4, -0.2) is 52.8 Å². The second kappa shape index (κ2) is 8.55. The van der Waals surface area contributed by atoms with Gasteiger partial charge < -0.3 is 9.88 Å². The number of piperidine rings is 1. The molecule has 8 nitrogen and oxygen atoms in total. The number of aromatic amines is 1. The number of H-pyrrole nitrogens is 1. The van der Waals surface area contributed by atoms with Crippen LogP contribution in [0.25, 0.3) is 0 Å². The first-order chi connectivity index (χ1) is 14.8. The van der Waals surface area contributed by atoms with E-state index in [-0.39, 0.29) is 36.5 Å². The minimum atomic E-state index is -3.37. The summed E-state index contributed by atoms with van der Waals surface area (Å²) in [6, 6.07) is 9.33. The topological polar surface area (TPSA) is 103 Å². The predicted octanol–water partition coefficient (Wildman–Crippen LogP) is 1.94. The Morgan fingerprint density at radius 2 is 1.94 bits per heavy atom. The van der Waals surface area contributed by atoms with E-state index in [2.05, 4.69) is 9.97 Å². The van der Waals surface area contributed by atoms with Gasteiger partial charge in [0, 0.05) is 18.7 Å². The molecule has 2 aromatic rings. The average molecular weight is 445 g/mol. The Morgan fingerprint density at radius 3 is 2.65 bits per heavy atom. The van der Waals surface area contributed by atoms with Gasteiger partial charge in [0.05, 0.1) is 30.5 Å². The minimum Gasteiger partial charge on any atom is -0.332 e. The van der Waals surface area contributed by atoms with Crippen molar-refractivity contribution in [2.75, 3.05) is 19.3 Å². The number of benzene rings is 1. The van der Waals surface area contributed by atoms with E-state index in [9.17, 15) is 18.0 Å². The number of carbonyl (C=O) groups is 1. The van der Waals surface area contributed by atoms with Gasteiger partial charge in [-0.3, -0.25) is 9.59 Å². The van der Waals surface area contributed by atoms with Gasteiger partial charge in [0.1, 0.15) is 5.82 Å². The lowest BCUT2D eigenvalue weighted by molar-refractivity contribution is -0.136. The smallest absolute Gasteiger partial charge is 0.254 e. The van der Waals surface area contributed by atoms with E-state index in [4.69, 9.17) is 0 Å². The summed E-state index contributed by atoms with van der Waals surface area (Å²) < 4.78 is 25.3. The van der Waals surface area contributed by atoms with Gasteiger partial charge in [-0.2, -0.15) is 4.31 Å². The molecule has 1 aromatic heterocycles. The molecule has 4 rings (SSSR count). The Bertz CT molecular complexity index is 1130. The van der Waals surface area contributed by atoms with E-state index in [1.54, 1.807) is 0 Å². The number of sulfonamides is 1. The summed E-state index contributed by atoms with van der Waals surface area (Å²) in [7, 11) is -3.37. The van der Waals surface area contributed by atoms with E-state index in [0.29, 0.717) is 36.5 Å². The van der Waals surface area contributed by atoms with Crippen LogP contribution in [-0.2, 0) is 27.8 Å². The largest absolute Gasteiger partial charge is 0.332 e. The monoisotopic (exact) mass is 444 g/mol. The molecular weight excluding hydrogens is 416 g/mol. The van der Waals surface area contributed by atoms with Crippen LogP contribution in [0, 0.1) is 0 Å². The average Bonchev–Trinajstić information content (AvgIpc) is 2.77. The van der Waals surface area contributed by atoms with Crippen molar-refractivity contribution in [1.82, 2.24) is 19.2 Å². The third-order valence-electron chi connectivity index (χ3n) is 6.30. The predicted molar refractivity (Wildman–Crippen MR) is 117 cm³/mol. The van der Waals surface area contributed by atoms with Crippen molar-refractivity contribution in [2.24, 2.45) is 0 Å². The molecule has 9 heteroatoms. The molecule has 0 unspecified atom stereocenters. The Labute approximate surface area is 182 Å². The zero-order valence-corrected chi connectivity index (χ0v) is 18.7. The molecule has 31 heavy (non-hydrogen) atoms. The van der Waals surface area contributed by atoms with Gasteiger partial charge in [-0.1, -0.05) is 30.3 Å². The van der Waals surface area contributed by atoms with Crippen LogP contribution in [0.15, 0.2) is 35.1 Å². The quantitative estimate of drug-likeness (QED) is 0.776. The summed E-state index contributed by atoms with van der Waals surface area (Å²) in [5.74, 6) is 0.160. The van der Waals surface area contributed by atoms with E-state index < -0.39 is 10.0 Å². The van der Waals surface area contributed by atoms with Gasteiger partial charge in [-0.05, 0) is 38.2 Å². The summed E-state index contributed by atoms with van der Waals surface area (Å²) in [5, 5.41) is 0. The van der Waals surface area contributed by atoms with Gasteiger partial charge in [-0.25, -0.2) is 13.4 Å². The standard InChI is InChI=1S/C22H28N4O4S/c1-15(16-8-4-3-5-9-16)22(28)26-12-7-6-10-19(26)20-23-18-14-25(31(2,29)30)13-11-17(18)21(27)24-20/h3-5,8-9,15,19H,6-7,10-14H2,1-2H3,(H,23,24,27)/t15-,19-/m1/s1. The number of carbonyl (C=O) groups excluding carboxylic acids is 1. The minimum absolute atomic E-state index is 0.00836. The van der Waals surface area contributed by atoms with Crippen molar-refractivity contribution in [3.05, 3.63) is 63.3 Å². The van der Waals surface area contributed by atoms with Gasteiger partial charge >= 0.3 is 0 Å². The van der Waals surface area contributed by atoms with Crippen molar-refractivity contribution in [3.63, 3.8) is 0 Å². The molecule has 166 valence electrons. The molecule has 1 fully saturated rings. The van der Waals surface area contributed by atoms with Crippen LogP contribution < -0.4 is 5.56 Å². The summed E-state index contributed by atoms with van der Waals surface area (Å²) in [4.78, 5) is 35.5. The zero-order chi connectivity index (χ0) is 22.2. The molecule has 1 aromatic carbocycles. The highest BCUT2D eigenvalue weighted by atomic mass is 32.2. The molecule has 0 radical (unpaired) electrons. The molecule has 1 amide bonds. The maximum atomic E-state index is 13.4. The second-order valence-corrected chi connectivity index (χ2v) is 10.4. The van der Waals surface area contributed by atoms with Crippen LogP contribution in [0.2, 0.25) is 0 Å². The molecule has 0 aliphatic carbocycles. The Kier molecular flexibility index (Phi) is 5.98. The first kappa shape index (κ1) is 21.7. The number of nitrogens with zero attached hydrogens (tertiary/aromatic N) is 3. The van der Waals surface area contributed by atoms with Crippen molar-refractivity contribution in [2.45, 2.75) is 51.1 Å². The van der Waals surface area contributed by atoms with E-state index in [1.807, 2.05) is 42.2 Å². The van der Waals surface area contributed by atoms with Gasteiger partial charge in [0.15, 0.2) is 0 Å². The third-order valence-corrected chi connectivity index (χ3v) is 7.55. The molecule has 2 aliphatic heterocycles. The SMILES string of the molecule is C[C@@H](C(=O)N1CCCC[C@@H]1c1nc2c(c(=O)[nH]1)CCN(S(C)(=O)=O)C2)c1ccccc1. The summed E-state index contributed by atoms with van der Waals surface area (Å²) in [6.07, 6.45) is 4.05. The van der Waals surface area contributed by atoms with E-state index in [1.165, 1.54) is 10.6 Å². The number of likely N-dealkylation sites (tertiary alicyclic amines) is 1. The fourth-order valence-electron chi connectivity index (χ4n) is 4.49. The number of aromatic nitrogens is 2. The lowest BCUT2D eigenvalue weighted by Crippen LogP contribution is -2.43. The summed E-state index contributed by atoms with van der Waals surface area (Å²) in [6.45, 7) is 2.87. The summed E-state index contributed by atoms with van der Waals surface area (Å²) >= 11 is 0. The number of nitrogens with one attached hydrogen (secondary N) is 1. The van der Waals surface area contributed by atoms with Crippen LogP contribution in [0.1, 0.15) is 60.8 Å². The molecule has 2 atom stereocenters. The molecule has 1 N–H and O–H groups in total. The van der Waals surface area contributed by atoms with E-state index in [0.717, 1.165) is 18.4 Å². The number of hydrogen-bond donors (Lipinski definition) is 1. The Morgan fingerprint density at radius 1 is 1.19 bits per heavy atom. The van der Waals surface area contributed by atoms with Crippen LogP contribution in [0.3, 0.4) is 0 Å². The van der Waals surface area contributed by atoms with Crippen molar-refractivity contribution >= 4 is 15.9 Å². The third kappa shape index (κ3) is 4.43.